The van der Waals surface area contributed by atoms with Crippen LogP contribution in [-0.4, -0.2) is 5.97 Å². The fourth-order valence-corrected chi connectivity index (χ4v) is 0.311. The average Bonchev–Trinajstić information content (AvgIpc) is 1.68. The summed E-state index contributed by atoms with van der Waals surface area (Å²) in [7, 11) is 0. The predicted octanol–water partition coefficient (Wildman–Crippen LogP) is -0.358. The Morgan fingerprint density at radius 3 is 2.57 bits per heavy atom. The highest BCUT2D eigenvalue weighted by molar-refractivity contribution is 14.1. The van der Waals surface area contributed by atoms with Gasteiger partial charge in [-0.1, -0.05) is 0 Å². The average molecular weight is 218 g/mol. The van der Waals surface area contributed by atoms with Crippen molar-refractivity contribution >= 4 is 29.0 Å². The van der Waals surface area contributed by atoms with Gasteiger partial charge in [0.1, 0.15) is 0 Å². The molecular formula is C2H3IO4. The van der Waals surface area contributed by atoms with Gasteiger partial charge in [-0.25, -0.2) is 0 Å². The standard InChI is InChI=1S/C2H3IO4/c1-2(5-4)6-7-3/h1H3. The first kappa shape index (κ1) is 6.96. The highest BCUT2D eigenvalue weighted by atomic mass is 127. The highest BCUT2D eigenvalue weighted by Gasteiger charge is 2.02. The van der Waals surface area contributed by atoms with Crippen LogP contribution in [0, 0.1) is 0 Å². The van der Waals surface area contributed by atoms with Crippen molar-refractivity contribution in [3.05, 3.63) is 0 Å². The topological polar surface area (TPSA) is 52.8 Å². The van der Waals surface area contributed by atoms with Gasteiger partial charge in [-0.15, -0.1) is 4.89 Å². The van der Waals surface area contributed by atoms with Gasteiger partial charge in [0, 0.05) is 0 Å². The summed E-state index contributed by atoms with van der Waals surface area (Å²) < 4.78 is 7.31. The van der Waals surface area contributed by atoms with E-state index >= 15 is 0 Å². The minimum absolute atomic E-state index is 0.158. The Bertz CT molecular complexity index is 70.1. The lowest BCUT2D eigenvalue weighted by atomic mass is 10.8. The molecule has 0 aliphatic carbocycles. The maximum atomic E-state index is 9.27. The Morgan fingerprint density at radius 1 is 1.86 bits per heavy atom. The number of hydrogen-bond donors (Lipinski definition) is 0. The molecule has 0 N–H and O–H groups in total. The maximum absolute atomic E-state index is 9.27. The van der Waals surface area contributed by atoms with Crippen molar-refractivity contribution in [2.24, 2.45) is 0 Å². The Hall–Kier alpha value is -0.0400. The number of carbonyl (C=O) groups excluding carboxylic acids is 1. The van der Waals surface area contributed by atoms with Crippen LogP contribution in [0.2, 0.25) is 0 Å². The Morgan fingerprint density at radius 2 is 2.43 bits per heavy atom. The second-order valence-electron chi connectivity index (χ2n) is 0.721. The third-order valence-electron chi connectivity index (χ3n) is 0.266. The summed E-state index contributed by atoms with van der Waals surface area (Å²) in [4.78, 5) is 4.06. The van der Waals surface area contributed by atoms with Crippen molar-refractivity contribution in [3.63, 3.8) is 0 Å². The van der Waals surface area contributed by atoms with E-state index in [0.717, 1.165) is 0 Å². The fraction of sp³-hybridized carbons (Fsp3) is 0.500. The number of halogens is 1. The molecule has 0 rings (SSSR count). The third kappa shape index (κ3) is 3.80. The Balaban J connectivity index is 3.17. The summed E-state index contributed by atoms with van der Waals surface area (Å²) in [6.45, 7) is 1.34. The number of hydrogen-bond acceptors (Lipinski definition) is 3. The quantitative estimate of drug-likeness (QED) is 0.261. The van der Waals surface area contributed by atoms with Crippen molar-refractivity contribution in [2.75, 3.05) is 0 Å². The van der Waals surface area contributed by atoms with Crippen LogP contribution in [0.1, 0.15) is 6.92 Å². The Kier molecular flexibility index (Phi) is 4.10. The van der Waals surface area contributed by atoms with Crippen molar-refractivity contribution in [1.82, 2.24) is 0 Å². The minimum Gasteiger partial charge on any atom is -0.588 e. The van der Waals surface area contributed by atoms with Crippen LogP contribution < -0.4 is 5.26 Å². The molecule has 4 nitrogen and oxygen atoms in total. The van der Waals surface area contributed by atoms with E-state index in [1.807, 2.05) is 0 Å². The summed E-state index contributed by atoms with van der Waals surface area (Å²) in [6, 6.07) is 0. The molecule has 0 aliphatic heterocycles. The SMILES string of the molecule is CC(OOI)=[O+][O-]. The highest BCUT2D eigenvalue weighted by Crippen LogP contribution is 1.86. The summed E-state index contributed by atoms with van der Waals surface area (Å²) >= 11 is 1.46. The summed E-state index contributed by atoms with van der Waals surface area (Å²) in [5, 5.41) is 9.27. The zero-order valence-corrected chi connectivity index (χ0v) is 5.67. The van der Waals surface area contributed by atoms with E-state index in [-0.39, 0.29) is 5.97 Å². The maximum Gasteiger partial charge on any atom is 0.540 e. The van der Waals surface area contributed by atoms with Crippen molar-refractivity contribution in [3.8, 4) is 0 Å². The molecule has 0 saturated carbocycles. The van der Waals surface area contributed by atoms with Gasteiger partial charge in [-0.3, -0.25) is 4.58 Å². The molecule has 0 bridgehead atoms. The molecule has 0 saturated heterocycles. The van der Waals surface area contributed by atoms with Crippen LogP contribution in [0.15, 0.2) is 0 Å². The van der Waals surface area contributed by atoms with Gasteiger partial charge >= 0.3 is 5.97 Å². The summed E-state index contributed by atoms with van der Waals surface area (Å²) in [5.74, 6) is -0.158. The first-order valence-electron chi connectivity index (χ1n) is 1.40. The summed E-state index contributed by atoms with van der Waals surface area (Å²) in [6.07, 6.45) is 0. The first-order valence-corrected chi connectivity index (χ1v) is 2.28. The molecular weight excluding hydrogens is 215 g/mol. The molecule has 0 heterocycles. The molecule has 0 amide bonds. The van der Waals surface area contributed by atoms with Crippen LogP contribution in [0.5, 0.6) is 0 Å². The molecule has 0 aromatic rings. The van der Waals surface area contributed by atoms with E-state index in [2.05, 4.69) is 12.7 Å². The molecule has 42 valence electrons. The second kappa shape index (κ2) is 4.13. The van der Waals surface area contributed by atoms with E-state index < -0.39 is 0 Å². The molecule has 0 spiro atoms. The zero-order valence-electron chi connectivity index (χ0n) is 3.51. The molecule has 7 heavy (non-hydrogen) atoms. The van der Waals surface area contributed by atoms with Gasteiger partial charge in [-0.2, -0.15) is 0 Å². The molecule has 0 aromatic heterocycles. The van der Waals surface area contributed by atoms with Gasteiger partial charge < -0.3 is 5.26 Å². The van der Waals surface area contributed by atoms with E-state index in [9.17, 15) is 5.26 Å². The molecule has 0 atom stereocenters. The van der Waals surface area contributed by atoms with Crippen LogP contribution in [0.3, 0.4) is 0 Å². The number of rotatable bonds is 1. The fourth-order valence-electron chi connectivity index (χ4n) is 0.0582. The normalized spacial score (nSPS) is 11.4. The first-order chi connectivity index (χ1) is 3.31. The van der Waals surface area contributed by atoms with Gasteiger partial charge in [0.2, 0.25) is 23.0 Å². The van der Waals surface area contributed by atoms with Gasteiger partial charge in [0.25, 0.3) is 0 Å². The van der Waals surface area contributed by atoms with Crippen molar-refractivity contribution in [1.29, 1.82) is 0 Å². The second-order valence-corrected chi connectivity index (χ2v) is 1.08. The molecule has 0 radical (unpaired) electrons. The lowest BCUT2D eigenvalue weighted by Gasteiger charge is -1.79. The van der Waals surface area contributed by atoms with Gasteiger partial charge in [0.15, 0.2) is 0 Å². The smallest absolute Gasteiger partial charge is 0.540 e. The lowest BCUT2D eigenvalue weighted by Crippen LogP contribution is -2.07. The van der Waals surface area contributed by atoms with Crippen molar-refractivity contribution in [2.45, 2.75) is 6.92 Å². The van der Waals surface area contributed by atoms with Crippen LogP contribution in [0.25, 0.3) is 0 Å². The minimum atomic E-state index is -0.158. The Labute approximate surface area is 54.3 Å². The molecule has 0 aliphatic rings. The third-order valence-corrected chi connectivity index (χ3v) is 0.446. The molecule has 0 fully saturated rings. The van der Waals surface area contributed by atoms with Crippen LogP contribution in [0.4, 0.5) is 0 Å². The van der Waals surface area contributed by atoms with E-state index in [1.54, 1.807) is 0 Å². The monoisotopic (exact) mass is 218 g/mol. The van der Waals surface area contributed by atoms with E-state index in [0.29, 0.717) is 0 Å². The van der Waals surface area contributed by atoms with E-state index in [4.69, 9.17) is 0 Å². The predicted molar refractivity (Wildman–Crippen MR) is 26.9 cm³/mol. The van der Waals surface area contributed by atoms with Gasteiger partial charge in [0.05, 0.1) is 6.92 Å². The van der Waals surface area contributed by atoms with E-state index in [1.165, 1.54) is 29.9 Å². The largest absolute Gasteiger partial charge is 0.588 e. The molecule has 0 unspecified atom stereocenters. The van der Waals surface area contributed by atoms with Gasteiger partial charge in [-0.05, 0) is 3.22 Å². The lowest BCUT2D eigenvalue weighted by molar-refractivity contribution is -1.05. The van der Waals surface area contributed by atoms with Crippen molar-refractivity contribution < 1.29 is 17.9 Å². The zero-order chi connectivity index (χ0) is 5.70. The summed E-state index contributed by atoms with van der Waals surface area (Å²) in [5.41, 5.74) is 0. The molecule has 0 aromatic carbocycles. The van der Waals surface area contributed by atoms with Crippen LogP contribution >= 0.6 is 23.0 Å². The van der Waals surface area contributed by atoms with Crippen LogP contribution in [-0.2, 0) is 12.7 Å². The molecule has 5 heteroatoms.